The first-order valence-electron chi connectivity index (χ1n) is 5.88. The lowest BCUT2D eigenvalue weighted by Gasteiger charge is -2.30. The second kappa shape index (κ2) is 5.48. The Balaban J connectivity index is 2.01. The van der Waals surface area contributed by atoms with Crippen molar-refractivity contribution in [2.24, 2.45) is 11.7 Å². The quantitative estimate of drug-likeness (QED) is 0.905. The molecule has 1 aliphatic rings. The van der Waals surface area contributed by atoms with Gasteiger partial charge in [-0.15, -0.1) is 11.3 Å². The van der Waals surface area contributed by atoms with E-state index in [0.29, 0.717) is 29.8 Å². The number of nitrogens with zero attached hydrogens (tertiary/aromatic N) is 1. The highest BCUT2D eigenvalue weighted by Crippen LogP contribution is 2.27. The molecule has 0 amide bonds. The van der Waals surface area contributed by atoms with Crippen LogP contribution in [-0.2, 0) is 10.0 Å². The maximum Gasteiger partial charge on any atom is 0.252 e. The number of thiophene rings is 1. The maximum atomic E-state index is 12.2. The molecule has 96 valence electrons. The van der Waals surface area contributed by atoms with Gasteiger partial charge >= 0.3 is 0 Å². The first-order chi connectivity index (χ1) is 8.14. The van der Waals surface area contributed by atoms with Gasteiger partial charge in [0.2, 0.25) is 0 Å². The van der Waals surface area contributed by atoms with Gasteiger partial charge in [-0.05, 0) is 43.2 Å². The van der Waals surface area contributed by atoms with Gasteiger partial charge in [0.1, 0.15) is 4.21 Å². The zero-order chi connectivity index (χ0) is 12.3. The van der Waals surface area contributed by atoms with Gasteiger partial charge in [0.25, 0.3) is 10.0 Å². The Labute approximate surface area is 106 Å². The van der Waals surface area contributed by atoms with Gasteiger partial charge in [0.05, 0.1) is 0 Å². The van der Waals surface area contributed by atoms with E-state index in [1.165, 1.54) is 11.3 Å². The molecule has 1 saturated heterocycles. The van der Waals surface area contributed by atoms with E-state index in [1.54, 1.807) is 21.8 Å². The van der Waals surface area contributed by atoms with Gasteiger partial charge in [-0.3, -0.25) is 0 Å². The normalized spacial score (nSPS) is 19.6. The Kier molecular flexibility index (Phi) is 4.19. The molecule has 1 fully saturated rings. The molecular formula is C11H18N2O2S2. The van der Waals surface area contributed by atoms with Gasteiger partial charge < -0.3 is 5.73 Å². The Hall–Kier alpha value is -0.430. The summed E-state index contributed by atoms with van der Waals surface area (Å²) in [4.78, 5) is 0. The predicted octanol–water partition coefficient (Wildman–Crippen LogP) is 1.50. The number of hydrogen-bond acceptors (Lipinski definition) is 4. The third-order valence-corrected chi connectivity index (χ3v) is 6.51. The number of hydrogen-bond donors (Lipinski definition) is 1. The lowest BCUT2D eigenvalue weighted by atomic mass is 9.95. The summed E-state index contributed by atoms with van der Waals surface area (Å²) in [7, 11) is -3.24. The zero-order valence-corrected chi connectivity index (χ0v) is 11.3. The molecule has 4 nitrogen and oxygen atoms in total. The van der Waals surface area contributed by atoms with Crippen LogP contribution in [0.2, 0.25) is 0 Å². The van der Waals surface area contributed by atoms with E-state index in [2.05, 4.69) is 0 Å². The minimum absolute atomic E-state index is 0.453. The minimum Gasteiger partial charge on any atom is -0.330 e. The van der Waals surface area contributed by atoms with Crippen LogP contribution in [0.25, 0.3) is 0 Å². The van der Waals surface area contributed by atoms with E-state index in [-0.39, 0.29) is 0 Å². The van der Waals surface area contributed by atoms with Crippen molar-refractivity contribution >= 4 is 21.4 Å². The predicted molar refractivity (Wildman–Crippen MR) is 69.5 cm³/mol. The smallest absolute Gasteiger partial charge is 0.252 e. The van der Waals surface area contributed by atoms with Gasteiger partial charge in [0, 0.05) is 13.1 Å². The van der Waals surface area contributed by atoms with Gasteiger partial charge in [-0.2, -0.15) is 4.31 Å². The summed E-state index contributed by atoms with van der Waals surface area (Å²) in [6, 6.07) is 3.45. The molecule has 1 aromatic rings. The summed E-state index contributed by atoms with van der Waals surface area (Å²) in [5.74, 6) is 0.592. The molecule has 0 spiro atoms. The molecule has 0 saturated carbocycles. The Bertz CT molecular complexity index is 434. The Morgan fingerprint density at radius 1 is 1.41 bits per heavy atom. The molecule has 1 aromatic heterocycles. The molecule has 0 aromatic carbocycles. The van der Waals surface area contributed by atoms with Crippen molar-refractivity contribution in [1.82, 2.24) is 4.31 Å². The second-order valence-electron chi connectivity index (χ2n) is 4.36. The highest BCUT2D eigenvalue weighted by Gasteiger charge is 2.29. The van der Waals surface area contributed by atoms with E-state index in [4.69, 9.17) is 5.73 Å². The van der Waals surface area contributed by atoms with Crippen LogP contribution in [-0.4, -0.2) is 32.4 Å². The van der Waals surface area contributed by atoms with Crippen molar-refractivity contribution < 1.29 is 8.42 Å². The molecule has 2 N–H and O–H groups in total. The van der Waals surface area contributed by atoms with Crippen LogP contribution >= 0.6 is 11.3 Å². The van der Waals surface area contributed by atoms with E-state index < -0.39 is 10.0 Å². The molecule has 17 heavy (non-hydrogen) atoms. The van der Waals surface area contributed by atoms with Crippen LogP contribution < -0.4 is 5.73 Å². The highest BCUT2D eigenvalue weighted by molar-refractivity contribution is 7.91. The minimum atomic E-state index is -3.24. The molecule has 2 rings (SSSR count). The summed E-state index contributed by atoms with van der Waals surface area (Å²) in [6.45, 7) is 1.96. The average Bonchev–Trinajstić information content (AvgIpc) is 2.84. The molecule has 0 radical (unpaired) electrons. The zero-order valence-electron chi connectivity index (χ0n) is 9.71. The van der Waals surface area contributed by atoms with Crippen LogP contribution in [0.3, 0.4) is 0 Å². The molecule has 0 unspecified atom stereocenters. The standard InChI is InChI=1S/C11H18N2O2S2/c12-6-3-10-4-7-13(8-5-10)17(14,15)11-2-1-9-16-11/h1-2,9-10H,3-8,12H2. The molecule has 2 heterocycles. The summed E-state index contributed by atoms with van der Waals surface area (Å²) < 4.78 is 26.5. The van der Waals surface area contributed by atoms with Gasteiger partial charge in [-0.25, -0.2) is 8.42 Å². The molecule has 0 atom stereocenters. The van der Waals surface area contributed by atoms with Crippen LogP contribution in [0.1, 0.15) is 19.3 Å². The fourth-order valence-electron chi connectivity index (χ4n) is 2.21. The van der Waals surface area contributed by atoms with Crippen LogP contribution in [0, 0.1) is 5.92 Å². The van der Waals surface area contributed by atoms with Gasteiger partial charge in [0.15, 0.2) is 0 Å². The highest BCUT2D eigenvalue weighted by atomic mass is 32.2. The Morgan fingerprint density at radius 2 is 2.12 bits per heavy atom. The third kappa shape index (κ3) is 2.88. The second-order valence-corrected chi connectivity index (χ2v) is 7.47. The number of rotatable bonds is 4. The van der Waals surface area contributed by atoms with Crippen LogP contribution in [0.5, 0.6) is 0 Å². The maximum absolute atomic E-state index is 12.2. The first kappa shape index (κ1) is 13.0. The number of nitrogens with two attached hydrogens (primary N) is 1. The van der Waals surface area contributed by atoms with E-state index in [1.807, 2.05) is 0 Å². The molecule has 0 bridgehead atoms. The molecule has 6 heteroatoms. The summed E-state index contributed by atoms with van der Waals surface area (Å²) >= 11 is 1.28. The van der Waals surface area contributed by atoms with E-state index >= 15 is 0 Å². The van der Waals surface area contributed by atoms with Crippen molar-refractivity contribution in [3.8, 4) is 0 Å². The monoisotopic (exact) mass is 274 g/mol. The number of sulfonamides is 1. The molecule has 0 aliphatic carbocycles. The molecular weight excluding hydrogens is 256 g/mol. The van der Waals surface area contributed by atoms with Crippen molar-refractivity contribution in [2.45, 2.75) is 23.5 Å². The lowest BCUT2D eigenvalue weighted by molar-refractivity contribution is 0.266. The first-order valence-corrected chi connectivity index (χ1v) is 8.20. The summed E-state index contributed by atoms with van der Waals surface area (Å²) in [5, 5.41) is 1.80. The largest absolute Gasteiger partial charge is 0.330 e. The van der Waals surface area contributed by atoms with Crippen LogP contribution in [0.15, 0.2) is 21.7 Å². The van der Waals surface area contributed by atoms with Crippen LogP contribution in [0.4, 0.5) is 0 Å². The van der Waals surface area contributed by atoms with Crippen molar-refractivity contribution in [3.63, 3.8) is 0 Å². The lowest BCUT2D eigenvalue weighted by Crippen LogP contribution is -2.38. The van der Waals surface area contributed by atoms with E-state index in [0.717, 1.165) is 19.3 Å². The Morgan fingerprint density at radius 3 is 2.65 bits per heavy atom. The van der Waals surface area contributed by atoms with E-state index in [9.17, 15) is 8.42 Å². The van der Waals surface area contributed by atoms with Gasteiger partial charge in [-0.1, -0.05) is 6.07 Å². The summed E-state index contributed by atoms with van der Waals surface area (Å²) in [5.41, 5.74) is 5.53. The molecule has 1 aliphatic heterocycles. The van der Waals surface area contributed by atoms with Crippen molar-refractivity contribution in [2.75, 3.05) is 19.6 Å². The van der Waals surface area contributed by atoms with Crippen molar-refractivity contribution in [1.29, 1.82) is 0 Å². The fraction of sp³-hybridized carbons (Fsp3) is 0.636. The topological polar surface area (TPSA) is 63.4 Å². The SMILES string of the molecule is NCCC1CCN(S(=O)(=O)c2cccs2)CC1. The summed E-state index contributed by atoms with van der Waals surface area (Å²) in [6.07, 6.45) is 2.87. The third-order valence-electron chi connectivity index (χ3n) is 3.24. The van der Waals surface area contributed by atoms with Crippen molar-refractivity contribution in [3.05, 3.63) is 17.5 Å². The fourth-order valence-corrected chi connectivity index (χ4v) is 4.83. The average molecular weight is 274 g/mol. The number of piperidine rings is 1.